The van der Waals surface area contributed by atoms with Gasteiger partial charge in [-0.15, -0.1) is 5.10 Å². The van der Waals surface area contributed by atoms with E-state index < -0.39 is 0 Å². The number of carbonyl (C=O) groups is 1. The molecule has 1 aromatic heterocycles. The molecule has 1 amide bonds. The van der Waals surface area contributed by atoms with E-state index >= 15 is 0 Å². The summed E-state index contributed by atoms with van der Waals surface area (Å²) in [6.07, 6.45) is 0. The first-order valence-electron chi connectivity index (χ1n) is 6.15. The van der Waals surface area contributed by atoms with Gasteiger partial charge in [0.1, 0.15) is 0 Å². The first kappa shape index (κ1) is 14.9. The van der Waals surface area contributed by atoms with Crippen molar-refractivity contribution in [1.29, 1.82) is 0 Å². The minimum Gasteiger partial charge on any atom is -0.353 e. The minimum atomic E-state index is -0.0332. The van der Waals surface area contributed by atoms with Crippen LogP contribution in [0.25, 0.3) is 11.4 Å². The van der Waals surface area contributed by atoms with Crippen molar-refractivity contribution in [3.05, 3.63) is 29.3 Å². The number of amides is 1. The van der Waals surface area contributed by atoms with E-state index in [0.717, 1.165) is 5.56 Å². The summed E-state index contributed by atoms with van der Waals surface area (Å²) in [7, 11) is 0. The second-order valence-electron chi connectivity index (χ2n) is 4.46. The van der Waals surface area contributed by atoms with Gasteiger partial charge in [-0.05, 0) is 26.0 Å². The van der Waals surface area contributed by atoms with Crippen LogP contribution >= 0.6 is 23.4 Å². The van der Waals surface area contributed by atoms with E-state index in [-0.39, 0.29) is 17.7 Å². The number of aromatic amines is 1. The molecule has 0 aliphatic heterocycles. The molecule has 0 aliphatic rings. The Labute approximate surface area is 126 Å². The fourth-order valence-electron chi connectivity index (χ4n) is 1.58. The Balaban J connectivity index is 2.00. The van der Waals surface area contributed by atoms with Crippen LogP contribution in [0.3, 0.4) is 0 Å². The largest absolute Gasteiger partial charge is 0.353 e. The van der Waals surface area contributed by atoms with Crippen molar-refractivity contribution < 1.29 is 4.79 Å². The van der Waals surface area contributed by atoms with Gasteiger partial charge in [-0.3, -0.25) is 9.89 Å². The topological polar surface area (TPSA) is 70.7 Å². The van der Waals surface area contributed by atoms with Gasteiger partial charge >= 0.3 is 0 Å². The molecule has 0 saturated carbocycles. The van der Waals surface area contributed by atoms with Crippen LogP contribution in [-0.4, -0.2) is 32.9 Å². The number of hydrogen-bond acceptors (Lipinski definition) is 4. The second-order valence-corrected chi connectivity index (χ2v) is 5.81. The average molecular weight is 311 g/mol. The van der Waals surface area contributed by atoms with Gasteiger partial charge in [-0.1, -0.05) is 35.5 Å². The van der Waals surface area contributed by atoms with Gasteiger partial charge in [-0.25, -0.2) is 4.98 Å². The predicted molar refractivity (Wildman–Crippen MR) is 80.8 cm³/mol. The summed E-state index contributed by atoms with van der Waals surface area (Å²) in [6, 6.07) is 7.53. The Hall–Kier alpha value is -1.53. The van der Waals surface area contributed by atoms with Crippen LogP contribution < -0.4 is 5.32 Å². The van der Waals surface area contributed by atoms with Crippen molar-refractivity contribution >= 4 is 29.3 Å². The first-order chi connectivity index (χ1) is 9.56. The van der Waals surface area contributed by atoms with Crippen LogP contribution in [0.5, 0.6) is 0 Å². The summed E-state index contributed by atoms with van der Waals surface area (Å²) >= 11 is 7.38. The number of nitrogens with zero attached hydrogens (tertiary/aromatic N) is 2. The van der Waals surface area contributed by atoms with E-state index in [2.05, 4.69) is 20.5 Å². The number of hydrogen-bond donors (Lipinski definition) is 2. The number of halogens is 1. The number of thioether (sulfide) groups is 1. The molecule has 20 heavy (non-hydrogen) atoms. The van der Waals surface area contributed by atoms with Crippen molar-refractivity contribution in [2.45, 2.75) is 25.0 Å². The Bertz CT molecular complexity index is 600. The van der Waals surface area contributed by atoms with Crippen molar-refractivity contribution in [2.75, 3.05) is 5.75 Å². The van der Waals surface area contributed by atoms with Crippen LogP contribution in [-0.2, 0) is 4.79 Å². The summed E-state index contributed by atoms with van der Waals surface area (Å²) < 4.78 is 0. The highest BCUT2D eigenvalue weighted by molar-refractivity contribution is 7.99. The van der Waals surface area contributed by atoms with Gasteiger partial charge < -0.3 is 5.32 Å². The van der Waals surface area contributed by atoms with Crippen LogP contribution in [0.4, 0.5) is 0 Å². The maximum Gasteiger partial charge on any atom is 0.230 e. The molecule has 2 rings (SSSR count). The number of rotatable bonds is 5. The van der Waals surface area contributed by atoms with E-state index in [4.69, 9.17) is 11.6 Å². The van der Waals surface area contributed by atoms with Gasteiger partial charge in [0.15, 0.2) is 5.82 Å². The number of H-pyrrole nitrogens is 1. The Morgan fingerprint density at radius 3 is 2.90 bits per heavy atom. The van der Waals surface area contributed by atoms with Crippen molar-refractivity contribution in [1.82, 2.24) is 20.5 Å². The fourth-order valence-corrected chi connectivity index (χ4v) is 2.41. The van der Waals surface area contributed by atoms with Crippen LogP contribution in [0.2, 0.25) is 5.02 Å². The molecule has 7 heteroatoms. The molecule has 0 spiro atoms. The summed E-state index contributed by atoms with van der Waals surface area (Å²) in [6.45, 7) is 3.84. The van der Waals surface area contributed by atoms with E-state index in [0.29, 0.717) is 16.0 Å². The monoisotopic (exact) mass is 310 g/mol. The number of nitrogens with one attached hydrogen (secondary N) is 2. The highest BCUT2D eigenvalue weighted by Crippen LogP contribution is 2.25. The van der Waals surface area contributed by atoms with Gasteiger partial charge in [0, 0.05) is 11.6 Å². The Kier molecular flexibility index (Phi) is 5.03. The number of carbonyl (C=O) groups excluding carboxylic acids is 1. The third kappa shape index (κ3) is 3.98. The SMILES string of the molecule is CC(C)NC(=O)CSc1n[nH]c(-c2ccccc2Cl)n1. The van der Waals surface area contributed by atoms with E-state index in [9.17, 15) is 4.79 Å². The maximum absolute atomic E-state index is 11.5. The molecule has 2 aromatic rings. The highest BCUT2D eigenvalue weighted by atomic mass is 35.5. The molecule has 1 aromatic carbocycles. The average Bonchev–Trinajstić information content (AvgIpc) is 2.85. The van der Waals surface area contributed by atoms with Crippen LogP contribution in [0.15, 0.2) is 29.4 Å². The summed E-state index contributed by atoms with van der Waals surface area (Å²) in [5, 5.41) is 10.9. The molecule has 0 unspecified atom stereocenters. The summed E-state index contributed by atoms with van der Waals surface area (Å²) in [5.41, 5.74) is 0.792. The number of aromatic nitrogens is 3. The molecule has 0 saturated heterocycles. The van der Waals surface area contributed by atoms with Crippen molar-refractivity contribution in [3.63, 3.8) is 0 Å². The third-order valence-electron chi connectivity index (χ3n) is 2.38. The first-order valence-corrected chi connectivity index (χ1v) is 7.52. The van der Waals surface area contributed by atoms with E-state index in [1.54, 1.807) is 6.07 Å². The second kappa shape index (κ2) is 6.76. The minimum absolute atomic E-state index is 0.0332. The standard InChI is InChI=1S/C13H15ClN4OS/c1-8(2)15-11(19)7-20-13-16-12(17-18-13)9-5-3-4-6-10(9)14/h3-6,8H,7H2,1-2H3,(H,15,19)(H,16,17,18). The third-order valence-corrected chi connectivity index (χ3v) is 3.55. The van der Waals surface area contributed by atoms with Crippen LogP contribution in [0, 0.1) is 0 Å². The summed E-state index contributed by atoms with van der Waals surface area (Å²) in [4.78, 5) is 15.9. The van der Waals surface area contributed by atoms with Gasteiger partial charge in [0.25, 0.3) is 0 Å². The molecule has 106 valence electrons. The molecule has 5 nitrogen and oxygen atoms in total. The Morgan fingerprint density at radius 2 is 2.20 bits per heavy atom. The fraction of sp³-hybridized carbons (Fsp3) is 0.308. The smallest absolute Gasteiger partial charge is 0.230 e. The molecule has 0 bridgehead atoms. The van der Waals surface area contributed by atoms with Gasteiger partial charge in [0.05, 0.1) is 10.8 Å². The lowest BCUT2D eigenvalue weighted by Gasteiger charge is -2.06. The van der Waals surface area contributed by atoms with Gasteiger partial charge in [0.2, 0.25) is 11.1 Å². The van der Waals surface area contributed by atoms with E-state index in [1.807, 2.05) is 32.0 Å². The van der Waals surface area contributed by atoms with Gasteiger partial charge in [-0.2, -0.15) is 0 Å². The molecule has 0 aliphatic carbocycles. The molecule has 1 heterocycles. The highest BCUT2D eigenvalue weighted by Gasteiger charge is 2.11. The molecule has 0 atom stereocenters. The molecular weight excluding hydrogens is 296 g/mol. The van der Waals surface area contributed by atoms with Crippen LogP contribution in [0.1, 0.15) is 13.8 Å². The summed E-state index contributed by atoms with van der Waals surface area (Å²) in [5.74, 6) is 0.856. The molecule has 0 fully saturated rings. The van der Waals surface area contributed by atoms with Crippen molar-refractivity contribution in [3.8, 4) is 11.4 Å². The molecule has 2 N–H and O–H groups in total. The quantitative estimate of drug-likeness (QED) is 0.833. The Morgan fingerprint density at radius 1 is 1.45 bits per heavy atom. The number of benzene rings is 1. The lowest BCUT2D eigenvalue weighted by Crippen LogP contribution is -2.31. The molecular formula is C13H15ClN4OS. The molecule has 0 radical (unpaired) electrons. The zero-order valence-electron chi connectivity index (χ0n) is 11.2. The lowest BCUT2D eigenvalue weighted by atomic mass is 10.2. The zero-order valence-corrected chi connectivity index (χ0v) is 12.8. The zero-order chi connectivity index (χ0) is 14.5. The normalized spacial score (nSPS) is 10.8. The maximum atomic E-state index is 11.5. The van der Waals surface area contributed by atoms with E-state index in [1.165, 1.54) is 11.8 Å². The lowest BCUT2D eigenvalue weighted by molar-refractivity contribution is -0.119. The van der Waals surface area contributed by atoms with Crippen molar-refractivity contribution in [2.24, 2.45) is 0 Å². The predicted octanol–water partition coefficient (Wildman–Crippen LogP) is 2.74.